The third kappa shape index (κ3) is 3.35. The van der Waals surface area contributed by atoms with Crippen molar-refractivity contribution in [3.05, 3.63) is 28.8 Å². The summed E-state index contributed by atoms with van der Waals surface area (Å²) >= 11 is 5.84. The van der Waals surface area contributed by atoms with Gasteiger partial charge in [0.15, 0.2) is 0 Å². The SMILES string of the molecule is CNCCC(O)C(O)c1ccc(N)c(Cl)c1. The summed E-state index contributed by atoms with van der Waals surface area (Å²) < 4.78 is 0. The molecule has 0 aliphatic rings. The van der Waals surface area contributed by atoms with E-state index in [4.69, 9.17) is 17.3 Å². The zero-order chi connectivity index (χ0) is 12.1. The Bertz CT molecular complexity index is 347. The molecular weight excluding hydrogens is 228 g/mol. The van der Waals surface area contributed by atoms with E-state index in [1.807, 2.05) is 0 Å². The number of hydrogen-bond acceptors (Lipinski definition) is 4. The second kappa shape index (κ2) is 6.06. The van der Waals surface area contributed by atoms with Gasteiger partial charge in [0.2, 0.25) is 0 Å². The number of nitrogens with one attached hydrogen (secondary N) is 1. The van der Waals surface area contributed by atoms with Crippen LogP contribution in [-0.4, -0.2) is 29.9 Å². The summed E-state index contributed by atoms with van der Waals surface area (Å²) in [5, 5.41) is 22.8. The lowest BCUT2D eigenvalue weighted by atomic mass is 10.0. The van der Waals surface area contributed by atoms with E-state index in [2.05, 4.69) is 5.32 Å². The summed E-state index contributed by atoms with van der Waals surface area (Å²) in [5.41, 5.74) is 6.59. The van der Waals surface area contributed by atoms with E-state index < -0.39 is 12.2 Å². The van der Waals surface area contributed by atoms with E-state index in [0.717, 1.165) is 0 Å². The van der Waals surface area contributed by atoms with Gasteiger partial charge in [-0.3, -0.25) is 0 Å². The van der Waals surface area contributed by atoms with E-state index in [9.17, 15) is 10.2 Å². The second-order valence-electron chi connectivity index (χ2n) is 3.69. The molecule has 5 N–H and O–H groups in total. The standard InChI is InChI=1S/C11H17ClN2O2/c1-14-5-4-10(15)11(16)7-2-3-9(13)8(12)6-7/h2-3,6,10-11,14-16H,4-5,13H2,1H3. The minimum Gasteiger partial charge on any atom is -0.398 e. The number of aliphatic hydroxyl groups excluding tert-OH is 2. The summed E-state index contributed by atoms with van der Waals surface area (Å²) in [6.45, 7) is 0.640. The van der Waals surface area contributed by atoms with Crippen LogP contribution in [0.4, 0.5) is 5.69 Å². The molecule has 90 valence electrons. The average molecular weight is 245 g/mol. The number of hydrogen-bond donors (Lipinski definition) is 4. The Balaban J connectivity index is 2.71. The van der Waals surface area contributed by atoms with Crippen LogP contribution >= 0.6 is 11.6 Å². The highest BCUT2D eigenvalue weighted by atomic mass is 35.5. The van der Waals surface area contributed by atoms with Crippen molar-refractivity contribution in [3.63, 3.8) is 0 Å². The molecule has 0 aliphatic heterocycles. The molecule has 2 unspecified atom stereocenters. The Hall–Kier alpha value is -0.810. The van der Waals surface area contributed by atoms with Gasteiger partial charge < -0.3 is 21.3 Å². The summed E-state index contributed by atoms with van der Waals surface area (Å²) in [5.74, 6) is 0. The van der Waals surface area contributed by atoms with Crippen molar-refractivity contribution >= 4 is 17.3 Å². The molecular formula is C11H17ClN2O2. The van der Waals surface area contributed by atoms with Crippen LogP contribution in [0.25, 0.3) is 0 Å². The summed E-state index contributed by atoms with van der Waals surface area (Å²) in [7, 11) is 1.79. The molecule has 0 aromatic heterocycles. The van der Waals surface area contributed by atoms with Gasteiger partial charge in [0, 0.05) is 0 Å². The smallest absolute Gasteiger partial charge is 0.105 e. The van der Waals surface area contributed by atoms with Crippen LogP contribution < -0.4 is 11.1 Å². The topological polar surface area (TPSA) is 78.5 Å². The molecule has 0 saturated heterocycles. The van der Waals surface area contributed by atoms with Gasteiger partial charge >= 0.3 is 0 Å². The van der Waals surface area contributed by atoms with E-state index in [1.165, 1.54) is 0 Å². The number of rotatable bonds is 5. The number of nitrogens with two attached hydrogens (primary N) is 1. The quantitative estimate of drug-likeness (QED) is 0.581. The van der Waals surface area contributed by atoms with E-state index in [0.29, 0.717) is 29.2 Å². The van der Waals surface area contributed by atoms with Gasteiger partial charge in [-0.25, -0.2) is 0 Å². The Kier molecular flexibility index (Phi) is 5.02. The van der Waals surface area contributed by atoms with Crippen LogP contribution in [0.15, 0.2) is 18.2 Å². The second-order valence-corrected chi connectivity index (χ2v) is 4.09. The lowest BCUT2D eigenvalue weighted by Crippen LogP contribution is -2.23. The number of halogens is 1. The molecule has 0 saturated carbocycles. The van der Waals surface area contributed by atoms with E-state index in [-0.39, 0.29) is 0 Å². The van der Waals surface area contributed by atoms with Crippen molar-refractivity contribution in [2.24, 2.45) is 0 Å². The van der Waals surface area contributed by atoms with E-state index >= 15 is 0 Å². The maximum Gasteiger partial charge on any atom is 0.105 e. The Morgan fingerprint density at radius 2 is 2.12 bits per heavy atom. The van der Waals surface area contributed by atoms with Gasteiger partial charge in [-0.05, 0) is 37.7 Å². The molecule has 16 heavy (non-hydrogen) atoms. The third-order valence-electron chi connectivity index (χ3n) is 2.42. The molecule has 5 heteroatoms. The van der Waals surface area contributed by atoms with Crippen LogP contribution in [-0.2, 0) is 0 Å². The maximum atomic E-state index is 9.85. The van der Waals surface area contributed by atoms with Crippen molar-refractivity contribution in [1.29, 1.82) is 0 Å². The molecule has 4 nitrogen and oxygen atoms in total. The Morgan fingerprint density at radius 1 is 1.44 bits per heavy atom. The molecule has 0 radical (unpaired) electrons. The van der Waals surface area contributed by atoms with Gasteiger partial charge in [-0.15, -0.1) is 0 Å². The first kappa shape index (κ1) is 13.3. The fourth-order valence-electron chi connectivity index (χ4n) is 1.40. The van der Waals surface area contributed by atoms with Crippen molar-refractivity contribution in [2.45, 2.75) is 18.6 Å². The first-order valence-corrected chi connectivity index (χ1v) is 5.49. The van der Waals surface area contributed by atoms with Crippen molar-refractivity contribution < 1.29 is 10.2 Å². The van der Waals surface area contributed by atoms with E-state index in [1.54, 1.807) is 25.2 Å². The summed E-state index contributed by atoms with van der Waals surface area (Å²) in [4.78, 5) is 0. The van der Waals surface area contributed by atoms with Crippen molar-refractivity contribution in [1.82, 2.24) is 5.32 Å². The van der Waals surface area contributed by atoms with Crippen LogP contribution in [0.1, 0.15) is 18.1 Å². The van der Waals surface area contributed by atoms with Crippen LogP contribution in [0.2, 0.25) is 5.02 Å². The normalized spacial score (nSPS) is 14.8. The molecule has 0 aliphatic carbocycles. The largest absolute Gasteiger partial charge is 0.398 e. The summed E-state index contributed by atoms with van der Waals surface area (Å²) in [6.07, 6.45) is -1.28. The first-order valence-electron chi connectivity index (χ1n) is 5.12. The zero-order valence-corrected chi connectivity index (χ0v) is 9.91. The predicted molar refractivity (Wildman–Crippen MR) is 65.4 cm³/mol. The molecule has 1 aromatic carbocycles. The number of aliphatic hydroxyl groups is 2. The Morgan fingerprint density at radius 3 is 2.69 bits per heavy atom. The van der Waals surface area contributed by atoms with Crippen LogP contribution in [0.3, 0.4) is 0 Å². The monoisotopic (exact) mass is 244 g/mol. The third-order valence-corrected chi connectivity index (χ3v) is 2.75. The van der Waals surface area contributed by atoms with Gasteiger partial charge in [-0.2, -0.15) is 0 Å². The fourth-order valence-corrected chi connectivity index (χ4v) is 1.59. The van der Waals surface area contributed by atoms with Crippen molar-refractivity contribution in [3.8, 4) is 0 Å². The number of nitrogen functional groups attached to an aromatic ring is 1. The number of anilines is 1. The number of benzene rings is 1. The molecule has 0 fully saturated rings. The van der Waals surface area contributed by atoms with Crippen molar-refractivity contribution in [2.75, 3.05) is 19.3 Å². The highest BCUT2D eigenvalue weighted by Gasteiger charge is 2.18. The molecule has 0 spiro atoms. The first-order chi connectivity index (χ1) is 7.56. The molecule has 1 aromatic rings. The predicted octanol–water partition coefficient (Wildman–Crippen LogP) is 0.926. The minimum absolute atomic E-state index is 0.386. The lowest BCUT2D eigenvalue weighted by molar-refractivity contribution is 0.0140. The Labute approximate surface area is 100 Å². The van der Waals surface area contributed by atoms with Gasteiger partial charge in [0.1, 0.15) is 6.10 Å². The van der Waals surface area contributed by atoms with Gasteiger partial charge in [0.05, 0.1) is 16.8 Å². The highest BCUT2D eigenvalue weighted by molar-refractivity contribution is 6.33. The summed E-state index contributed by atoms with van der Waals surface area (Å²) in [6, 6.07) is 4.85. The molecule has 2 atom stereocenters. The van der Waals surface area contributed by atoms with Gasteiger partial charge in [0.25, 0.3) is 0 Å². The highest BCUT2D eigenvalue weighted by Crippen LogP contribution is 2.25. The zero-order valence-electron chi connectivity index (χ0n) is 9.15. The maximum absolute atomic E-state index is 9.85. The van der Waals surface area contributed by atoms with Crippen LogP contribution in [0, 0.1) is 0 Å². The average Bonchev–Trinajstić information content (AvgIpc) is 2.28. The molecule has 1 rings (SSSR count). The molecule has 0 amide bonds. The van der Waals surface area contributed by atoms with Crippen LogP contribution in [0.5, 0.6) is 0 Å². The lowest BCUT2D eigenvalue weighted by Gasteiger charge is -2.18. The minimum atomic E-state index is -0.938. The van der Waals surface area contributed by atoms with Gasteiger partial charge in [-0.1, -0.05) is 17.7 Å². The fraction of sp³-hybridized carbons (Fsp3) is 0.455. The molecule has 0 bridgehead atoms. The molecule has 0 heterocycles.